The zero-order valence-corrected chi connectivity index (χ0v) is 25.0. The number of rotatable bonds is 5. The highest BCUT2D eigenvalue weighted by Gasteiger charge is 2.11. The molecule has 4 rings (SSSR count). The van der Waals surface area contributed by atoms with Crippen LogP contribution in [-0.2, 0) is 11.3 Å². The first-order valence-electron chi connectivity index (χ1n) is 11.5. The van der Waals surface area contributed by atoms with Gasteiger partial charge in [-0.2, -0.15) is 0 Å². The van der Waals surface area contributed by atoms with Crippen molar-refractivity contribution in [3.63, 3.8) is 0 Å². The lowest BCUT2D eigenvalue weighted by atomic mass is 10.1. The molecule has 0 saturated carbocycles. The molecule has 0 unspecified atom stereocenters. The first-order valence-corrected chi connectivity index (χ1v) is 13.1. The fourth-order valence-electron chi connectivity index (χ4n) is 3.02. The van der Waals surface area contributed by atoms with E-state index in [9.17, 15) is 9.59 Å². The standard InChI is InChI=1S/C13H11BrN2O.C8H9BrN2O2.C7H9N/c1-9-3-2-4-11(16-9)8-12(17)10-5-6-15-13(14)7-10;1-11(13-2)8(12)6-3-4-10-7(9)5-6;1-6-4-3-5-7(2)8-6/h2-7H,8H2,1H3;3-5H,1-2H3;3-5H,1-2H3. The summed E-state index contributed by atoms with van der Waals surface area (Å²) in [6.07, 6.45) is 3.49. The third-order valence-corrected chi connectivity index (χ3v) is 5.76. The van der Waals surface area contributed by atoms with Gasteiger partial charge in [0.2, 0.25) is 0 Å². The maximum absolute atomic E-state index is 12.0. The van der Waals surface area contributed by atoms with Gasteiger partial charge in [-0.15, -0.1) is 0 Å². The number of hydrogen-bond acceptors (Lipinski definition) is 7. The monoisotopic (exact) mass is 641 g/mol. The normalized spacial score (nSPS) is 9.87. The molecule has 0 aromatic carbocycles. The Kier molecular flexibility index (Phi) is 12.8. The van der Waals surface area contributed by atoms with Gasteiger partial charge in [0.05, 0.1) is 13.5 Å². The quantitative estimate of drug-likeness (QED) is 0.146. The van der Waals surface area contributed by atoms with E-state index in [2.05, 4.69) is 51.8 Å². The zero-order valence-electron chi connectivity index (χ0n) is 21.9. The van der Waals surface area contributed by atoms with E-state index in [1.165, 1.54) is 7.11 Å². The maximum atomic E-state index is 12.0. The number of carbonyl (C=O) groups excluding carboxylic acids is 2. The average molecular weight is 643 g/mol. The molecule has 0 aliphatic carbocycles. The first-order chi connectivity index (χ1) is 18.1. The molecule has 8 nitrogen and oxygen atoms in total. The molecule has 0 bridgehead atoms. The van der Waals surface area contributed by atoms with Gasteiger partial charge in [-0.3, -0.25) is 24.4 Å². The Morgan fingerprint density at radius 1 is 0.789 bits per heavy atom. The fraction of sp³-hybridized carbons (Fsp3) is 0.214. The number of carbonyl (C=O) groups is 2. The number of ketones is 1. The molecule has 4 heterocycles. The number of hydrogen-bond donors (Lipinski definition) is 0. The van der Waals surface area contributed by atoms with Crippen molar-refractivity contribution in [1.82, 2.24) is 25.0 Å². The van der Waals surface area contributed by atoms with E-state index in [-0.39, 0.29) is 11.7 Å². The van der Waals surface area contributed by atoms with Crippen LogP contribution in [0.25, 0.3) is 0 Å². The van der Waals surface area contributed by atoms with E-state index >= 15 is 0 Å². The van der Waals surface area contributed by atoms with Crippen molar-refractivity contribution < 1.29 is 14.4 Å². The number of nitrogens with zero attached hydrogens (tertiary/aromatic N) is 5. The van der Waals surface area contributed by atoms with Crippen LogP contribution in [0.1, 0.15) is 43.5 Å². The van der Waals surface area contributed by atoms with E-state index in [1.54, 1.807) is 43.7 Å². The Morgan fingerprint density at radius 3 is 1.76 bits per heavy atom. The van der Waals surface area contributed by atoms with Gasteiger partial charge < -0.3 is 0 Å². The van der Waals surface area contributed by atoms with Crippen molar-refractivity contribution in [1.29, 1.82) is 0 Å². The topological polar surface area (TPSA) is 98.2 Å². The summed E-state index contributed by atoms with van der Waals surface area (Å²) >= 11 is 6.43. The minimum absolute atomic E-state index is 0.0474. The van der Waals surface area contributed by atoms with Crippen LogP contribution < -0.4 is 0 Å². The lowest BCUT2D eigenvalue weighted by molar-refractivity contribution is -0.0757. The van der Waals surface area contributed by atoms with Gasteiger partial charge in [0.15, 0.2) is 5.78 Å². The van der Waals surface area contributed by atoms with Crippen LogP contribution in [0.4, 0.5) is 0 Å². The van der Waals surface area contributed by atoms with E-state index < -0.39 is 0 Å². The van der Waals surface area contributed by atoms with E-state index in [1.807, 2.05) is 57.2 Å². The molecule has 0 fully saturated rings. The Labute approximate surface area is 239 Å². The molecule has 0 aliphatic heterocycles. The molecule has 38 heavy (non-hydrogen) atoms. The van der Waals surface area contributed by atoms with Crippen LogP contribution in [0, 0.1) is 20.8 Å². The van der Waals surface area contributed by atoms with Crippen LogP contribution in [0.15, 0.2) is 82.3 Å². The summed E-state index contributed by atoms with van der Waals surface area (Å²) in [4.78, 5) is 44.6. The SMILES string of the molecule is CON(C)C(=O)c1ccnc(Br)c1.Cc1cccc(C)n1.Cc1cccc(CC(=O)c2ccnc(Br)c2)n1. The Hall–Kier alpha value is -3.34. The Bertz CT molecular complexity index is 1350. The van der Waals surface area contributed by atoms with Crippen LogP contribution in [0.2, 0.25) is 0 Å². The van der Waals surface area contributed by atoms with E-state index in [0.29, 0.717) is 26.8 Å². The molecule has 10 heteroatoms. The second-order valence-corrected chi connectivity index (χ2v) is 9.64. The number of amides is 1. The molecule has 1 amide bonds. The molecule has 198 valence electrons. The van der Waals surface area contributed by atoms with Crippen LogP contribution in [0.3, 0.4) is 0 Å². The minimum atomic E-state index is -0.203. The lowest BCUT2D eigenvalue weighted by Gasteiger charge is -2.13. The third-order valence-electron chi connectivity index (χ3n) is 4.90. The highest BCUT2D eigenvalue weighted by atomic mass is 79.9. The third kappa shape index (κ3) is 11.0. The van der Waals surface area contributed by atoms with E-state index in [0.717, 1.165) is 27.8 Å². The largest absolute Gasteiger partial charge is 0.294 e. The van der Waals surface area contributed by atoms with Crippen molar-refractivity contribution in [2.45, 2.75) is 27.2 Å². The second-order valence-electron chi connectivity index (χ2n) is 8.01. The van der Waals surface area contributed by atoms with Crippen LogP contribution in [-0.4, -0.2) is 50.8 Å². The Balaban J connectivity index is 0.000000214. The first kappa shape index (κ1) is 30.9. The number of pyridine rings is 4. The lowest BCUT2D eigenvalue weighted by Crippen LogP contribution is -2.25. The predicted molar refractivity (Wildman–Crippen MR) is 154 cm³/mol. The summed E-state index contributed by atoms with van der Waals surface area (Å²) in [7, 11) is 2.99. The fourth-order valence-corrected chi connectivity index (χ4v) is 3.75. The highest BCUT2D eigenvalue weighted by molar-refractivity contribution is 9.10. The zero-order chi connectivity index (χ0) is 28.1. The van der Waals surface area contributed by atoms with Gasteiger partial charge in [0, 0.05) is 53.3 Å². The highest BCUT2D eigenvalue weighted by Crippen LogP contribution is 2.11. The summed E-state index contributed by atoms with van der Waals surface area (Å²) < 4.78 is 1.29. The number of Topliss-reactive ketones (excluding diaryl/α,β-unsaturated/α-hetero) is 1. The molecule has 4 aromatic heterocycles. The average Bonchev–Trinajstić information content (AvgIpc) is 2.88. The molecular formula is C28H29Br2N5O3. The van der Waals surface area contributed by atoms with Crippen molar-refractivity contribution in [2.75, 3.05) is 14.2 Å². The van der Waals surface area contributed by atoms with Crippen molar-refractivity contribution in [2.24, 2.45) is 0 Å². The van der Waals surface area contributed by atoms with Crippen LogP contribution >= 0.6 is 31.9 Å². The molecule has 0 saturated heterocycles. The van der Waals surface area contributed by atoms with Gasteiger partial charge >= 0.3 is 0 Å². The van der Waals surface area contributed by atoms with Crippen LogP contribution in [0.5, 0.6) is 0 Å². The Morgan fingerprint density at radius 2 is 1.29 bits per heavy atom. The smallest absolute Gasteiger partial charge is 0.277 e. The molecule has 0 aliphatic rings. The summed E-state index contributed by atoms with van der Waals surface area (Å²) in [5, 5.41) is 1.15. The number of aryl methyl sites for hydroxylation is 3. The molecule has 0 N–H and O–H groups in total. The number of hydroxylamine groups is 2. The van der Waals surface area contributed by atoms with Gasteiger partial charge in [0.25, 0.3) is 5.91 Å². The number of aromatic nitrogens is 4. The molecule has 0 spiro atoms. The minimum Gasteiger partial charge on any atom is -0.294 e. The second kappa shape index (κ2) is 15.8. The summed E-state index contributed by atoms with van der Waals surface area (Å²) in [6, 6.07) is 18.4. The van der Waals surface area contributed by atoms with Crippen molar-refractivity contribution in [3.8, 4) is 0 Å². The molecule has 4 aromatic rings. The maximum Gasteiger partial charge on any atom is 0.277 e. The molecular weight excluding hydrogens is 614 g/mol. The molecule has 0 atom stereocenters. The number of halogens is 2. The van der Waals surface area contributed by atoms with Gasteiger partial charge in [-0.05, 0) is 101 Å². The van der Waals surface area contributed by atoms with Crippen molar-refractivity contribution in [3.05, 3.63) is 116 Å². The summed E-state index contributed by atoms with van der Waals surface area (Å²) in [6.45, 7) is 5.90. The van der Waals surface area contributed by atoms with Gasteiger partial charge in [-0.25, -0.2) is 15.0 Å². The van der Waals surface area contributed by atoms with Gasteiger partial charge in [-0.1, -0.05) is 12.1 Å². The van der Waals surface area contributed by atoms with E-state index in [4.69, 9.17) is 4.84 Å². The molecule has 0 radical (unpaired) electrons. The predicted octanol–water partition coefficient (Wildman–Crippen LogP) is 6.15. The van der Waals surface area contributed by atoms with Gasteiger partial charge in [0.1, 0.15) is 9.21 Å². The van der Waals surface area contributed by atoms with Crippen molar-refractivity contribution >= 4 is 43.6 Å². The summed E-state index contributed by atoms with van der Waals surface area (Å²) in [5.74, 6) is -0.156. The summed E-state index contributed by atoms with van der Waals surface area (Å²) in [5.41, 5.74) is 5.07.